The third-order valence-electron chi connectivity index (χ3n) is 5.80. The van der Waals surface area contributed by atoms with Crippen molar-refractivity contribution in [3.8, 4) is 22.3 Å². The normalized spacial score (nSPS) is 12.5. The van der Waals surface area contributed by atoms with Crippen LogP contribution in [0.5, 0.6) is 0 Å². The highest BCUT2D eigenvalue weighted by Gasteiger charge is 2.34. The lowest BCUT2D eigenvalue weighted by atomic mass is 9.77. The summed E-state index contributed by atoms with van der Waals surface area (Å²) in [6.07, 6.45) is 0. The second-order valence-corrected chi connectivity index (χ2v) is 7.85. The molecule has 0 radical (unpaired) electrons. The fourth-order valence-electron chi connectivity index (χ4n) is 4.17. The number of aryl methyl sites for hydroxylation is 2. The van der Waals surface area contributed by atoms with E-state index in [0.29, 0.717) is 22.3 Å². The van der Waals surface area contributed by atoms with Gasteiger partial charge in [-0.3, -0.25) is 9.59 Å². The van der Waals surface area contributed by atoms with Gasteiger partial charge in [0.05, 0.1) is 0 Å². The van der Waals surface area contributed by atoms with Crippen LogP contribution < -0.4 is 0 Å². The maximum atomic E-state index is 13.6. The standard InChI is InChI=1S/C28H20O2/c1-17-7-11-19(12-8-17)21-15-16-22(20-13-9-18(2)10-14-20)26-25(21)27(29)23-5-3-4-6-24(23)28(26)30/h3-16H,1-2H3. The van der Waals surface area contributed by atoms with Crippen molar-refractivity contribution >= 4 is 11.6 Å². The predicted molar refractivity (Wildman–Crippen MR) is 120 cm³/mol. The molecule has 0 N–H and O–H groups in total. The zero-order chi connectivity index (χ0) is 20.8. The lowest BCUT2D eigenvalue weighted by molar-refractivity contribution is 0.0980. The zero-order valence-electron chi connectivity index (χ0n) is 16.9. The number of hydrogen-bond acceptors (Lipinski definition) is 2. The number of hydrogen-bond donors (Lipinski definition) is 0. The number of carbonyl (C=O) groups is 2. The highest BCUT2D eigenvalue weighted by atomic mass is 16.1. The minimum absolute atomic E-state index is 0.0928. The van der Waals surface area contributed by atoms with E-state index in [0.717, 1.165) is 33.4 Å². The van der Waals surface area contributed by atoms with Crippen molar-refractivity contribution in [2.24, 2.45) is 0 Å². The Balaban J connectivity index is 1.83. The van der Waals surface area contributed by atoms with Crippen molar-refractivity contribution in [3.63, 3.8) is 0 Å². The van der Waals surface area contributed by atoms with Crippen LogP contribution >= 0.6 is 0 Å². The molecule has 0 fully saturated rings. The molecule has 0 bridgehead atoms. The van der Waals surface area contributed by atoms with Gasteiger partial charge in [0.2, 0.25) is 0 Å². The fraction of sp³-hybridized carbons (Fsp3) is 0.0714. The minimum atomic E-state index is -0.0928. The van der Waals surface area contributed by atoms with Crippen LogP contribution in [0.25, 0.3) is 22.3 Å². The quantitative estimate of drug-likeness (QED) is 0.350. The molecule has 2 nitrogen and oxygen atoms in total. The largest absolute Gasteiger partial charge is 0.289 e. The lowest BCUT2D eigenvalue weighted by Gasteiger charge is -2.23. The highest BCUT2D eigenvalue weighted by molar-refractivity contribution is 6.32. The molecule has 0 amide bonds. The van der Waals surface area contributed by atoms with E-state index in [1.165, 1.54) is 0 Å². The van der Waals surface area contributed by atoms with E-state index in [9.17, 15) is 9.59 Å². The molecule has 4 aromatic rings. The molecule has 0 atom stereocenters. The van der Waals surface area contributed by atoms with Crippen LogP contribution in [0.3, 0.4) is 0 Å². The first kappa shape index (κ1) is 18.3. The predicted octanol–water partition coefficient (Wildman–Crippen LogP) is 6.41. The molecule has 0 saturated heterocycles. The van der Waals surface area contributed by atoms with Crippen molar-refractivity contribution in [1.29, 1.82) is 0 Å². The molecular formula is C28H20O2. The smallest absolute Gasteiger partial charge is 0.195 e. The number of fused-ring (bicyclic) bond motifs is 2. The zero-order valence-corrected chi connectivity index (χ0v) is 16.9. The van der Waals surface area contributed by atoms with Gasteiger partial charge in [0.25, 0.3) is 0 Å². The lowest BCUT2D eigenvalue weighted by Crippen LogP contribution is -2.22. The number of benzene rings is 4. The molecule has 1 aliphatic rings. The summed E-state index contributed by atoms with van der Waals surface area (Å²) >= 11 is 0. The Morgan fingerprint density at radius 1 is 0.433 bits per heavy atom. The molecule has 5 rings (SSSR count). The monoisotopic (exact) mass is 388 g/mol. The summed E-state index contributed by atoms with van der Waals surface area (Å²) in [7, 11) is 0. The Labute approximate surface area is 175 Å². The van der Waals surface area contributed by atoms with E-state index < -0.39 is 0 Å². The molecule has 0 aromatic heterocycles. The molecule has 144 valence electrons. The summed E-state index contributed by atoms with van der Waals surface area (Å²) in [4.78, 5) is 27.2. The molecule has 2 heteroatoms. The second kappa shape index (κ2) is 6.93. The topological polar surface area (TPSA) is 34.1 Å². The van der Waals surface area contributed by atoms with Gasteiger partial charge >= 0.3 is 0 Å². The van der Waals surface area contributed by atoms with Crippen LogP contribution in [0, 0.1) is 13.8 Å². The fourth-order valence-corrected chi connectivity index (χ4v) is 4.17. The molecule has 1 aliphatic carbocycles. The van der Waals surface area contributed by atoms with E-state index in [4.69, 9.17) is 0 Å². The van der Waals surface area contributed by atoms with Gasteiger partial charge in [-0.05, 0) is 36.1 Å². The van der Waals surface area contributed by atoms with Gasteiger partial charge in [-0.2, -0.15) is 0 Å². The first-order valence-electron chi connectivity index (χ1n) is 10.0. The van der Waals surface area contributed by atoms with Crippen molar-refractivity contribution in [1.82, 2.24) is 0 Å². The van der Waals surface area contributed by atoms with Gasteiger partial charge in [0, 0.05) is 22.3 Å². The van der Waals surface area contributed by atoms with E-state index >= 15 is 0 Å². The molecule has 0 heterocycles. The molecule has 0 unspecified atom stereocenters. The summed E-state index contributed by atoms with van der Waals surface area (Å²) in [6, 6.07) is 27.2. The number of carbonyl (C=O) groups excluding carboxylic acids is 2. The minimum Gasteiger partial charge on any atom is -0.289 e. The van der Waals surface area contributed by atoms with Crippen molar-refractivity contribution < 1.29 is 9.59 Å². The van der Waals surface area contributed by atoms with Gasteiger partial charge < -0.3 is 0 Å². The van der Waals surface area contributed by atoms with E-state index in [1.807, 2.05) is 86.6 Å². The van der Waals surface area contributed by atoms with Crippen LogP contribution in [0.4, 0.5) is 0 Å². The summed E-state index contributed by atoms with van der Waals surface area (Å²) in [6.45, 7) is 4.06. The summed E-state index contributed by atoms with van der Waals surface area (Å²) in [5.74, 6) is -0.186. The number of ketones is 2. The Hall–Kier alpha value is -3.78. The van der Waals surface area contributed by atoms with Gasteiger partial charge in [0.15, 0.2) is 11.6 Å². The SMILES string of the molecule is Cc1ccc(-c2ccc(-c3ccc(C)cc3)c3c2C(=O)c2ccccc2C3=O)cc1. The molecular weight excluding hydrogens is 368 g/mol. The van der Waals surface area contributed by atoms with E-state index in [-0.39, 0.29) is 11.6 Å². The van der Waals surface area contributed by atoms with E-state index in [1.54, 1.807) is 12.1 Å². The number of rotatable bonds is 2. The highest BCUT2D eigenvalue weighted by Crippen LogP contribution is 2.39. The summed E-state index contributed by atoms with van der Waals surface area (Å²) in [5.41, 5.74) is 7.73. The van der Waals surface area contributed by atoms with Crippen LogP contribution in [-0.2, 0) is 0 Å². The van der Waals surface area contributed by atoms with Crippen LogP contribution in [0.15, 0.2) is 84.9 Å². The average Bonchev–Trinajstić information content (AvgIpc) is 2.78. The summed E-state index contributed by atoms with van der Waals surface area (Å²) < 4.78 is 0. The molecule has 0 aliphatic heterocycles. The molecule has 0 saturated carbocycles. The van der Waals surface area contributed by atoms with Crippen LogP contribution in [-0.4, -0.2) is 11.6 Å². The maximum absolute atomic E-state index is 13.6. The third kappa shape index (κ3) is 2.81. The summed E-state index contributed by atoms with van der Waals surface area (Å²) in [5, 5.41) is 0. The second-order valence-electron chi connectivity index (χ2n) is 7.85. The van der Waals surface area contributed by atoms with Gasteiger partial charge in [0.1, 0.15) is 0 Å². The Bertz CT molecular complexity index is 1210. The van der Waals surface area contributed by atoms with Crippen LogP contribution in [0.2, 0.25) is 0 Å². The average molecular weight is 388 g/mol. The van der Waals surface area contributed by atoms with Gasteiger partial charge in [-0.1, -0.05) is 96.1 Å². The van der Waals surface area contributed by atoms with Crippen molar-refractivity contribution in [2.75, 3.05) is 0 Å². The first-order valence-corrected chi connectivity index (χ1v) is 10.0. The molecule has 4 aromatic carbocycles. The van der Waals surface area contributed by atoms with Crippen molar-refractivity contribution in [3.05, 3.63) is 118 Å². The Kier molecular flexibility index (Phi) is 4.22. The van der Waals surface area contributed by atoms with Crippen LogP contribution in [0.1, 0.15) is 43.0 Å². The Morgan fingerprint density at radius 3 is 1.17 bits per heavy atom. The molecule has 0 spiro atoms. The van der Waals surface area contributed by atoms with Crippen molar-refractivity contribution in [2.45, 2.75) is 13.8 Å². The molecule has 30 heavy (non-hydrogen) atoms. The van der Waals surface area contributed by atoms with Gasteiger partial charge in [-0.25, -0.2) is 0 Å². The third-order valence-corrected chi connectivity index (χ3v) is 5.80. The van der Waals surface area contributed by atoms with Gasteiger partial charge in [-0.15, -0.1) is 0 Å². The first-order chi connectivity index (χ1) is 14.5. The maximum Gasteiger partial charge on any atom is 0.195 e. The van der Waals surface area contributed by atoms with E-state index in [2.05, 4.69) is 0 Å². The Morgan fingerprint density at radius 2 is 0.800 bits per heavy atom.